The molecule has 120 heavy (non-hydrogen) atoms. The van der Waals surface area contributed by atoms with Crippen LogP contribution in [0.1, 0.15) is 80.6 Å². The summed E-state index contributed by atoms with van der Waals surface area (Å²) in [6.07, 6.45) is 3.59. The van der Waals surface area contributed by atoms with E-state index in [4.69, 9.17) is 50.0 Å². The quantitative estimate of drug-likeness (QED) is 0.0256. The minimum atomic E-state index is -0.858. The lowest BCUT2D eigenvalue weighted by molar-refractivity contribution is 0.0344. The zero-order valence-electron chi connectivity index (χ0n) is 66.9. The van der Waals surface area contributed by atoms with Gasteiger partial charge in [-0.15, -0.1) is 15.3 Å². The predicted octanol–water partition coefficient (Wildman–Crippen LogP) is 18.5. The van der Waals surface area contributed by atoms with Gasteiger partial charge in [-0.25, -0.2) is 29.0 Å². The molecular formula is C98H88BBrIN15O4. The second kappa shape index (κ2) is 37.8. The van der Waals surface area contributed by atoms with Gasteiger partial charge in [0.05, 0.1) is 17.7 Å². The smallest absolute Gasteiger partial charge is 0.407 e. The van der Waals surface area contributed by atoms with E-state index in [0.717, 1.165) is 91.7 Å². The lowest BCUT2D eigenvalue weighted by Crippen LogP contribution is -2.48. The van der Waals surface area contributed by atoms with Crippen LogP contribution in [0.3, 0.4) is 0 Å². The largest absolute Gasteiger partial charge is 0.496 e. The van der Waals surface area contributed by atoms with E-state index >= 15 is 0 Å². The summed E-state index contributed by atoms with van der Waals surface area (Å²) < 4.78 is 20.1. The van der Waals surface area contributed by atoms with Crippen LogP contribution in [-0.4, -0.2) is 125 Å². The van der Waals surface area contributed by atoms with E-state index in [1.165, 1.54) is 0 Å². The molecule has 7 heterocycles. The zero-order chi connectivity index (χ0) is 82.9. The molecule has 19 nitrogen and oxygen atoms in total. The highest BCUT2D eigenvalue weighted by atomic mass is 127. The first-order valence-electron chi connectivity index (χ1n) is 39.5. The fourth-order valence-corrected chi connectivity index (χ4v) is 16.6. The predicted molar refractivity (Wildman–Crippen MR) is 493 cm³/mol. The van der Waals surface area contributed by atoms with Crippen molar-refractivity contribution in [3.8, 4) is 0 Å². The number of anilines is 3. The summed E-state index contributed by atoms with van der Waals surface area (Å²) in [5.41, 5.74) is 15.6. The summed E-state index contributed by atoms with van der Waals surface area (Å²) in [6, 6.07) is 119. The van der Waals surface area contributed by atoms with Crippen molar-refractivity contribution in [2.24, 2.45) is 5.41 Å². The molecule has 1 aliphatic rings. The van der Waals surface area contributed by atoms with Crippen LogP contribution in [0.15, 0.2) is 368 Å². The molecule has 596 valence electrons. The van der Waals surface area contributed by atoms with Crippen LogP contribution < -0.4 is 21.4 Å². The van der Waals surface area contributed by atoms with Gasteiger partial charge in [-0.3, -0.25) is 0 Å². The molecule has 0 spiro atoms. The maximum Gasteiger partial charge on any atom is 0.496 e. The summed E-state index contributed by atoms with van der Waals surface area (Å²) in [6.45, 7) is 5.44. The standard InChI is InChI=1S/C34H29N5O.C30H30BN5O2.C25H20BrN5.C9H9IO/c1-35-31-24-30(29(22-23-40)25-14-6-2-7-15-25)32-33(36-31)39(38-37-32)34(26-16-8-3-9-17-26,27-18-10-4-11-19-27)28-20-12-5-13-21-28;1-29(2)20-37-31(38-21-29)25-19-26(32-3)33-28-27(25)34-35-36(28)30(22-13-7-4-8-14-22,23-15-9-5-10-16-23)24-17-11-6-12-18-24;1-27-22-17-21(26)23-24(28-22)31(30-29-23)25(18-11-5-2-6-12-18,19-13-7-3-8-14-19)20-15-9-4-10-16-20;10-9(6-7-11)8-4-2-1-3-5-8/h2-22,24,40H,23H2,1H3,(H,35,36);4-19H,20-21H2,1-3H3,(H,32,33);2-17H,1H3,(H,27,28);1-6,11H,7H2/b29-22-;;;9-6-. The molecule has 6 aromatic heterocycles. The first kappa shape index (κ1) is 82.2. The Morgan fingerprint density at radius 3 is 0.992 bits per heavy atom. The average molecular weight is 1760 g/mol. The molecule has 22 heteroatoms. The molecule has 0 radical (unpaired) electrons. The second-order valence-corrected chi connectivity index (χ2v) is 31.2. The summed E-state index contributed by atoms with van der Waals surface area (Å²) in [4.78, 5) is 14.9. The molecule has 5 N–H and O–H groups in total. The van der Waals surface area contributed by atoms with Gasteiger partial charge in [-0.1, -0.05) is 369 Å². The Hall–Kier alpha value is -12.9. The molecule has 17 aromatic rings. The van der Waals surface area contributed by atoms with Gasteiger partial charge < -0.3 is 35.5 Å². The third-order valence-corrected chi connectivity index (χ3v) is 22.8. The Kier molecular flexibility index (Phi) is 25.9. The number of hydrogen-bond acceptors (Lipinski definition) is 16. The topological polar surface area (TPSA) is 226 Å². The highest BCUT2D eigenvalue weighted by Gasteiger charge is 2.46. The fraction of sp³-hybridized carbons (Fsp3) is 0.133. The highest BCUT2D eigenvalue weighted by Crippen LogP contribution is 2.47. The van der Waals surface area contributed by atoms with Crippen molar-refractivity contribution in [2.45, 2.75) is 30.5 Å². The first-order valence-corrected chi connectivity index (χ1v) is 41.4. The molecule has 1 fully saturated rings. The van der Waals surface area contributed by atoms with Crippen molar-refractivity contribution in [3.05, 3.63) is 435 Å². The molecule has 18 rings (SSSR count). The Morgan fingerprint density at radius 1 is 0.392 bits per heavy atom. The molecule has 1 aliphatic heterocycles. The minimum absolute atomic E-state index is 0.0465. The number of benzene rings is 11. The lowest BCUT2D eigenvalue weighted by atomic mass is 9.75. The maximum atomic E-state index is 9.99. The number of aromatic nitrogens is 12. The van der Waals surface area contributed by atoms with Gasteiger partial charge in [0.15, 0.2) is 16.9 Å². The summed E-state index contributed by atoms with van der Waals surface area (Å²) in [5, 5.41) is 56.5. The van der Waals surface area contributed by atoms with Gasteiger partial charge in [0.1, 0.15) is 50.6 Å². The number of fused-ring (bicyclic) bond motifs is 3. The number of rotatable bonds is 21. The first-order chi connectivity index (χ1) is 58.9. The number of nitrogens with one attached hydrogen (secondary N) is 3. The number of hydrogen-bond donors (Lipinski definition) is 5. The van der Waals surface area contributed by atoms with E-state index in [0.29, 0.717) is 58.3 Å². The number of aliphatic hydroxyl groups is 2. The molecule has 1 saturated heterocycles. The summed E-state index contributed by atoms with van der Waals surface area (Å²) in [5.74, 6) is 2.11. The average Bonchev–Trinajstić information content (AvgIpc) is 1.46. The van der Waals surface area contributed by atoms with E-state index in [-0.39, 0.29) is 18.6 Å². The van der Waals surface area contributed by atoms with Crippen LogP contribution in [0.2, 0.25) is 0 Å². The molecular weight excluding hydrogens is 1670 g/mol. The third-order valence-electron chi connectivity index (χ3n) is 21.2. The van der Waals surface area contributed by atoms with Gasteiger partial charge in [0.25, 0.3) is 0 Å². The van der Waals surface area contributed by atoms with Gasteiger partial charge in [0, 0.05) is 54.4 Å². The molecule has 0 bridgehead atoms. The maximum absolute atomic E-state index is 9.99. The number of aliphatic hydroxyl groups excluding tert-OH is 2. The molecule has 0 saturated carbocycles. The summed E-state index contributed by atoms with van der Waals surface area (Å²) in [7, 11) is 5.01. The van der Waals surface area contributed by atoms with Gasteiger partial charge >= 0.3 is 7.12 Å². The van der Waals surface area contributed by atoms with Gasteiger partial charge in [0.2, 0.25) is 0 Å². The van der Waals surface area contributed by atoms with Crippen molar-refractivity contribution >= 4 is 111 Å². The zero-order valence-corrected chi connectivity index (χ0v) is 70.6. The SMILES string of the molecule is CNc1cc(/C(=C\CO)c2ccccc2)c2nnn(C(c3ccccc3)(c3ccccc3)c3ccccc3)c2n1.CNc1cc(B2OCC(C)(C)CO2)c2nnn(C(c3ccccc3)(c3ccccc3)c3ccccc3)c2n1.CNc1cc(Br)c2nnn(C(c3ccccc3)(c3ccccc3)c3ccccc3)c2n1.OC/C=C(\I)c1ccccc1. The Bertz CT molecular complexity index is 5970. The van der Waals surface area contributed by atoms with Crippen LogP contribution in [-0.2, 0) is 25.9 Å². The second-order valence-electron chi connectivity index (χ2n) is 29.2. The molecule has 0 atom stereocenters. The fourth-order valence-electron chi connectivity index (χ4n) is 15.6. The van der Waals surface area contributed by atoms with E-state index in [2.05, 4.69) is 261 Å². The number of halogens is 2. The minimum Gasteiger partial charge on any atom is -0.407 e. The lowest BCUT2D eigenvalue weighted by Gasteiger charge is -2.36. The van der Waals surface area contributed by atoms with E-state index in [9.17, 15) is 5.11 Å². The van der Waals surface area contributed by atoms with Gasteiger partial charge in [-0.2, -0.15) is 0 Å². The van der Waals surface area contributed by atoms with Crippen LogP contribution in [0, 0.1) is 5.41 Å². The van der Waals surface area contributed by atoms with Crippen LogP contribution >= 0.6 is 38.5 Å². The normalized spacial score (nSPS) is 13.0. The van der Waals surface area contributed by atoms with Crippen LogP contribution in [0.25, 0.3) is 42.6 Å². The molecule has 0 aliphatic carbocycles. The number of nitrogens with zero attached hydrogens (tertiary/aromatic N) is 12. The van der Waals surface area contributed by atoms with E-state index in [1.807, 2.05) is 205 Å². The monoisotopic (exact) mass is 1760 g/mol. The third kappa shape index (κ3) is 16.6. The van der Waals surface area contributed by atoms with Crippen LogP contribution in [0.4, 0.5) is 17.5 Å². The Morgan fingerprint density at radius 2 is 0.667 bits per heavy atom. The van der Waals surface area contributed by atoms with E-state index in [1.54, 1.807) is 12.2 Å². The summed E-state index contributed by atoms with van der Waals surface area (Å²) >= 11 is 5.85. The molecule has 0 unspecified atom stereocenters. The van der Waals surface area contributed by atoms with Crippen molar-refractivity contribution in [1.29, 1.82) is 0 Å². The van der Waals surface area contributed by atoms with Crippen molar-refractivity contribution in [1.82, 2.24) is 59.9 Å². The highest BCUT2D eigenvalue weighted by molar-refractivity contribution is 14.1. The van der Waals surface area contributed by atoms with Crippen LogP contribution in [0.5, 0.6) is 0 Å². The van der Waals surface area contributed by atoms with Crippen molar-refractivity contribution in [3.63, 3.8) is 0 Å². The molecule has 0 amide bonds. The Labute approximate surface area is 720 Å². The van der Waals surface area contributed by atoms with Crippen molar-refractivity contribution < 1.29 is 19.5 Å². The van der Waals surface area contributed by atoms with Gasteiger partial charge in [-0.05, 0) is 130 Å². The Balaban J connectivity index is 0.000000132. The molecule has 11 aromatic carbocycles. The van der Waals surface area contributed by atoms with Crippen molar-refractivity contribution in [2.75, 3.05) is 63.5 Å². The van der Waals surface area contributed by atoms with E-state index < -0.39 is 23.7 Å². The number of pyridine rings is 3.